The van der Waals surface area contributed by atoms with Crippen LogP contribution in [0, 0.1) is 17.8 Å². The number of para-hydroxylation sites is 1. The molecule has 3 N–H and O–H groups in total. The molecule has 3 fully saturated rings. The zero-order chi connectivity index (χ0) is 26.8. The average molecular weight is 542 g/mol. The van der Waals surface area contributed by atoms with Crippen molar-refractivity contribution in [2.24, 2.45) is 5.92 Å². The smallest absolute Gasteiger partial charge is 0.234 e. The van der Waals surface area contributed by atoms with Crippen molar-refractivity contribution >= 4 is 34.8 Å². The summed E-state index contributed by atoms with van der Waals surface area (Å²) in [5.41, 5.74) is 8.47. The summed E-state index contributed by atoms with van der Waals surface area (Å²) in [6, 6.07) is 15.5. The molecule has 3 aliphatic rings. The third kappa shape index (κ3) is 5.05. The van der Waals surface area contributed by atoms with Crippen molar-refractivity contribution in [2.75, 3.05) is 22.1 Å². The molecule has 1 aromatic carbocycles. The summed E-state index contributed by atoms with van der Waals surface area (Å²) < 4.78 is 0. The van der Waals surface area contributed by atoms with E-state index < -0.39 is 0 Å². The summed E-state index contributed by atoms with van der Waals surface area (Å²) in [6.07, 6.45) is 8.72. The number of carbonyl (C=O) groups excluding carboxylic acids is 1. The second kappa shape index (κ2) is 11.2. The van der Waals surface area contributed by atoms with Crippen molar-refractivity contribution in [2.45, 2.75) is 62.2 Å². The summed E-state index contributed by atoms with van der Waals surface area (Å²) in [5.74, 6) is 7.19. The van der Waals surface area contributed by atoms with Crippen molar-refractivity contribution in [1.82, 2.24) is 20.3 Å². The normalized spacial score (nSPS) is 26.9. The Bertz CT molecular complexity index is 1380. The number of hydrogen-bond donors (Lipinski definition) is 2. The summed E-state index contributed by atoms with van der Waals surface area (Å²) >= 11 is 6.77. The molecule has 2 aliphatic heterocycles. The summed E-state index contributed by atoms with van der Waals surface area (Å²) in [5, 5.41) is 3.71. The average Bonchev–Trinajstić information content (AvgIpc) is 2.97. The molecule has 4 unspecified atom stereocenters. The number of fused-ring (bicyclic) bond motifs is 1. The third-order valence-corrected chi connectivity index (χ3v) is 8.55. The van der Waals surface area contributed by atoms with Gasteiger partial charge < -0.3 is 10.6 Å². The summed E-state index contributed by atoms with van der Waals surface area (Å²) in [7, 11) is 0. The van der Waals surface area contributed by atoms with Gasteiger partial charge in [-0.05, 0) is 62.3 Å². The van der Waals surface area contributed by atoms with E-state index in [0.717, 1.165) is 50.8 Å². The predicted octanol–water partition coefficient (Wildman–Crippen LogP) is 3.95. The van der Waals surface area contributed by atoms with Crippen LogP contribution < -0.4 is 20.9 Å². The highest BCUT2D eigenvalue weighted by Crippen LogP contribution is 2.39. The molecule has 200 valence electrons. The zero-order valence-electron chi connectivity index (χ0n) is 21.7. The van der Waals surface area contributed by atoms with E-state index in [2.05, 4.69) is 32.0 Å². The minimum atomic E-state index is -0.254. The van der Waals surface area contributed by atoms with E-state index in [0.29, 0.717) is 22.9 Å². The standard InChI is InChI=1S/C30H32ClN7O/c31-23-12-8-13-24-26(23)30(39)38(21-10-2-1-3-11-21)29(36-24)25-14-5-7-18-37(25)28-22(27(32)34-19-35-28)16-15-20-9-4-6-17-33-20/h1-4,6,9-11,17,19,23-26,29,36H,5,7-8,12-14,18H2,(H2,32,34,35)/t23?,24?,25-,26?,29?/m0/s1. The van der Waals surface area contributed by atoms with Crippen molar-refractivity contribution in [1.29, 1.82) is 0 Å². The Kier molecular flexibility index (Phi) is 7.36. The van der Waals surface area contributed by atoms with Gasteiger partial charge in [0.2, 0.25) is 5.91 Å². The van der Waals surface area contributed by atoms with Crippen LogP contribution in [0.5, 0.6) is 0 Å². The minimum absolute atomic E-state index is 0.0377. The van der Waals surface area contributed by atoms with Gasteiger partial charge in [-0.25, -0.2) is 15.0 Å². The number of alkyl halides is 1. The molecule has 1 aliphatic carbocycles. The van der Waals surface area contributed by atoms with E-state index >= 15 is 0 Å². The first-order valence-corrected chi connectivity index (χ1v) is 14.1. The maximum Gasteiger partial charge on any atom is 0.234 e. The highest BCUT2D eigenvalue weighted by Gasteiger charge is 2.50. The van der Waals surface area contributed by atoms with Crippen molar-refractivity contribution in [3.63, 3.8) is 0 Å². The molecule has 0 spiro atoms. The summed E-state index contributed by atoms with van der Waals surface area (Å²) in [4.78, 5) is 31.6. The third-order valence-electron chi connectivity index (χ3n) is 8.06. The Labute approximate surface area is 234 Å². The van der Waals surface area contributed by atoms with Gasteiger partial charge in [-0.2, -0.15) is 0 Å². The van der Waals surface area contributed by atoms with Crippen LogP contribution in [0.25, 0.3) is 0 Å². The van der Waals surface area contributed by atoms with Crippen molar-refractivity contribution < 1.29 is 4.79 Å². The number of nitrogen functional groups attached to an aromatic ring is 1. The van der Waals surface area contributed by atoms with Gasteiger partial charge in [-0.15, -0.1) is 11.6 Å². The molecule has 39 heavy (non-hydrogen) atoms. The molecule has 0 bridgehead atoms. The molecule has 6 rings (SSSR count). The van der Waals surface area contributed by atoms with E-state index in [9.17, 15) is 4.79 Å². The maximum atomic E-state index is 14.2. The Morgan fingerprint density at radius 2 is 1.79 bits per heavy atom. The number of amides is 1. The lowest BCUT2D eigenvalue weighted by Crippen LogP contribution is -2.71. The number of benzene rings is 1. The number of halogens is 1. The molecule has 2 saturated heterocycles. The fraction of sp³-hybridized carbons (Fsp3) is 0.400. The van der Waals surface area contributed by atoms with Crippen LogP contribution in [0.1, 0.15) is 49.8 Å². The number of piperidine rings is 1. The number of hydrogen-bond acceptors (Lipinski definition) is 7. The van der Waals surface area contributed by atoms with Gasteiger partial charge in [0.15, 0.2) is 0 Å². The van der Waals surface area contributed by atoms with Gasteiger partial charge in [-0.1, -0.05) is 36.6 Å². The van der Waals surface area contributed by atoms with E-state index in [4.69, 9.17) is 22.3 Å². The highest BCUT2D eigenvalue weighted by molar-refractivity contribution is 6.23. The molecule has 5 atom stereocenters. The minimum Gasteiger partial charge on any atom is -0.382 e. The fourth-order valence-corrected chi connectivity index (χ4v) is 6.69. The van der Waals surface area contributed by atoms with E-state index in [1.54, 1.807) is 6.20 Å². The number of anilines is 3. The van der Waals surface area contributed by atoms with Crippen molar-refractivity contribution in [3.05, 3.63) is 72.3 Å². The van der Waals surface area contributed by atoms with Crippen LogP contribution in [-0.4, -0.2) is 51.0 Å². The maximum absolute atomic E-state index is 14.2. The van der Waals surface area contributed by atoms with Crippen LogP contribution in [0.4, 0.5) is 17.3 Å². The van der Waals surface area contributed by atoms with Crippen LogP contribution in [0.2, 0.25) is 0 Å². The first-order valence-electron chi connectivity index (χ1n) is 13.7. The number of rotatable bonds is 3. The Balaban J connectivity index is 1.41. The van der Waals surface area contributed by atoms with Gasteiger partial charge in [0.25, 0.3) is 0 Å². The lowest BCUT2D eigenvalue weighted by Gasteiger charge is -2.53. The quantitative estimate of drug-likeness (QED) is 0.382. The molecule has 8 nitrogen and oxygen atoms in total. The molecule has 1 amide bonds. The molecule has 9 heteroatoms. The Hall–Kier alpha value is -3.67. The number of pyridine rings is 1. The van der Waals surface area contributed by atoms with Gasteiger partial charge in [-0.3, -0.25) is 15.0 Å². The Morgan fingerprint density at radius 3 is 2.62 bits per heavy atom. The lowest BCUT2D eigenvalue weighted by molar-refractivity contribution is -0.127. The van der Waals surface area contributed by atoms with E-state index in [1.165, 1.54) is 6.33 Å². The van der Waals surface area contributed by atoms with E-state index in [-0.39, 0.29) is 35.5 Å². The highest BCUT2D eigenvalue weighted by atomic mass is 35.5. The number of nitrogens with two attached hydrogens (primary N) is 1. The SMILES string of the molecule is Nc1ncnc(N2CCCC[C@H]2C2NC3CCCC(Cl)C3C(=O)N2c2ccccc2)c1C#Cc1ccccn1. The molecule has 3 aromatic rings. The monoisotopic (exact) mass is 541 g/mol. The predicted molar refractivity (Wildman–Crippen MR) is 153 cm³/mol. The topological polar surface area (TPSA) is 100 Å². The molecule has 2 aromatic heterocycles. The largest absolute Gasteiger partial charge is 0.382 e. The second-order valence-electron chi connectivity index (χ2n) is 10.4. The van der Waals surface area contributed by atoms with Crippen LogP contribution in [-0.2, 0) is 4.79 Å². The van der Waals surface area contributed by atoms with Gasteiger partial charge in [0.1, 0.15) is 35.4 Å². The number of nitrogens with one attached hydrogen (secondary N) is 1. The van der Waals surface area contributed by atoms with Gasteiger partial charge in [0, 0.05) is 29.8 Å². The first kappa shape index (κ1) is 25.6. The van der Waals surface area contributed by atoms with Crippen molar-refractivity contribution in [3.8, 4) is 11.8 Å². The molecular weight excluding hydrogens is 510 g/mol. The van der Waals surface area contributed by atoms with Gasteiger partial charge in [0.05, 0.1) is 12.0 Å². The second-order valence-corrected chi connectivity index (χ2v) is 11.0. The lowest BCUT2D eigenvalue weighted by atomic mass is 9.80. The van der Waals surface area contributed by atoms with Crippen LogP contribution in [0.3, 0.4) is 0 Å². The summed E-state index contributed by atoms with van der Waals surface area (Å²) in [6.45, 7) is 0.778. The van der Waals surface area contributed by atoms with Gasteiger partial charge >= 0.3 is 0 Å². The number of carbonyl (C=O) groups is 1. The molecule has 1 saturated carbocycles. The Morgan fingerprint density at radius 1 is 0.949 bits per heavy atom. The molecule has 4 heterocycles. The fourth-order valence-electron chi connectivity index (χ4n) is 6.25. The van der Waals surface area contributed by atoms with Crippen LogP contribution >= 0.6 is 11.6 Å². The molecule has 0 radical (unpaired) electrons. The van der Waals surface area contributed by atoms with Crippen LogP contribution in [0.15, 0.2) is 61.1 Å². The zero-order valence-corrected chi connectivity index (χ0v) is 22.5. The number of nitrogens with zero attached hydrogens (tertiary/aromatic N) is 5. The molecular formula is C30H32ClN7O. The first-order chi connectivity index (χ1) is 19.1. The number of aromatic nitrogens is 3. The van der Waals surface area contributed by atoms with E-state index in [1.807, 2.05) is 53.4 Å².